The summed E-state index contributed by atoms with van der Waals surface area (Å²) < 4.78 is 5.67. The monoisotopic (exact) mass is 292 g/mol. The van der Waals surface area contributed by atoms with Crippen LogP contribution in [0.1, 0.15) is 31.7 Å². The van der Waals surface area contributed by atoms with E-state index in [1.165, 1.54) is 12.8 Å². The SMILES string of the molecule is CCCCCOC1=CNN(Cc2ccccc2Cl)C=C1. The number of ether oxygens (including phenoxy) is 1. The van der Waals surface area contributed by atoms with Crippen molar-refractivity contribution in [3.8, 4) is 0 Å². The molecule has 1 aromatic carbocycles. The molecule has 0 saturated carbocycles. The van der Waals surface area contributed by atoms with Gasteiger partial charge in [0.15, 0.2) is 0 Å². The Bertz CT molecular complexity index is 485. The van der Waals surface area contributed by atoms with Crippen LogP contribution in [-0.4, -0.2) is 11.6 Å². The maximum atomic E-state index is 6.15. The maximum absolute atomic E-state index is 6.15. The lowest BCUT2D eigenvalue weighted by atomic mass is 10.2. The third kappa shape index (κ3) is 4.49. The minimum absolute atomic E-state index is 0.718. The highest BCUT2D eigenvalue weighted by Gasteiger charge is 2.07. The van der Waals surface area contributed by atoms with Crippen molar-refractivity contribution >= 4 is 11.6 Å². The van der Waals surface area contributed by atoms with Crippen molar-refractivity contribution in [1.82, 2.24) is 10.4 Å². The molecular formula is C16H21ClN2O. The molecule has 0 atom stereocenters. The summed E-state index contributed by atoms with van der Waals surface area (Å²) in [6.45, 7) is 3.68. The molecule has 0 aliphatic carbocycles. The Morgan fingerprint density at radius 2 is 2.10 bits per heavy atom. The molecule has 0 amide bonds. The summed E-state index contributed by atoms with van der Waals surface area (Å²) in [5, 5.41) is 2.76. The second-order valence-corrected chi connectivity index (χ2v) is 5.17. The zero-order valence-corrected chi connectivity index (χ0v) is 12.6. The van der Waals surface area contributed by atoms with Crippen LogP contribution >= 0.6 is 11.6 Å². The van der Waals surface area contributed by atoms with E-state index in [4.69, 9.17) is 16.3 Å². The molecule has 0 saturated heterocycles. The molecular weight excluding hydrogens is 272 g/mol. The van der Waals surface area contributed by atoms with E-state index < -0.39 is 0 Å². The van der Waals surface area contributed by atoms with Crippen molar-refractivity contribution in [3.63, 3.8) is 0 Å². The lowest BCUT2D eigenvalue weighted by Crippen LogP contribution is -2.31. The van der Waals surface area contributed by atoms with Gasteiger partial charge in [0.1, 0.15) is 5.76 Å². The van der Waals surface area contributed by atoms with Gasteiger partial charge in [-0.15, -0.1) is 0 Å². The number of hydrogen-bond acceptors (Lipinski definition) is 3. The summed E-state index contributed by atoms with van der Waals surface area (Å²) in [6, 6.07) is 7.86. The molecule has 3 nitrogen and oxygen atoms in total. The second-order valence-electron chi connectivity index (χ2n) is 4.77. The minimum Gasteiger partial charge on any atom is -0.492 e. The van der Waals surface area contributed by atoms with Crippen LogP contribution in [0.15, 0.2) is 48.5 Å². The topological polar surface area (TPSA) is 24.5 Å². The third-order valence-corrected chi connectivity index (χ3v) is 3.48. The van der Waals surface area contributed by atoms with Crippen molar-refractivity contribution < 1.29 is 4.74 Å². The van der Waals surface area contributed by atoms with Gasteiger partial charge in [-0.25, -0.2) is 0 Å². The highest BCUT2D eigenvalue weighted by atomic mass is 35.5. The molecule has 1 aliphatic heterocycles. The molecule has 108 valence electrons. The molecule has 1 aromatic rings. The average Bonchev–Trinajstić information content (AvgIpc) is 2.48. The number of nitrogens with zero attached hydrogens (tertiary/aromatic N) is 1. The number of rotatable bonds is 7. The molecule has 4 heteroatoms. The van der Waals surface area contributed by atoms with E-state index in [1.807, 2.05) is 47.8 Å². The first-order valence-corrected chi connectivity index (χ1v) is 7.45. The fraction of sp³-hybridized carbons (Fsp3) is 0.375. The van der Waals surface area contributed by atoms with E-state index in [9.17, 15) is 0 Å². The number of unbranched alkanes of at least 4 members (excludes halogenated alkanes) is 2. The van der Waals surface area contributed by atoms with Gasteiger partial charge >= 0.3 is 0 Å². The predicted molar refractivity (Wildman–Crippen MR) is 82.8 cm³/mol. The lowest BCUT2D eigenvalue weighted by Gasteiger charge is -2.24. The van der Waals surface area contributed by atoms with Crippen molar-refractivity contribution in [1.29, 1.82) is 0 Å². The smallest absolute Gasteiger partial charge is 0.138 e. The molecule has 1 aliphatic rings. The van der Waals surface area contributed by atoms with Gasteiger partial charge in [0, 0.05) is 11.2 Å². The molecule has 0 fully saturated rings. The summed E-state index contributed by atoms with van der Waals surface area (Å²) in [7, 11) is 0. The highest BCUT2D eigenvalue weighted by Crippen LogP contribution is 2.17. The lowest BCUT2D eigenvalue weighted by molar-refractivity contribution is 0.201. The Balaban J connectivity index is 1.78. The first-order chi connectivity index (χ1) is 9.79. The van der Waals surface area contributed by atoms with Gasteiger partial charge in [-0.1, -0.05) is 49.6 Å². The molecule has 1 heterocycles. The Labute approximate surface area is 125 Å². The Kier molecular flexibility index (Phi) is 5.81. The molecule has 0 radical (unpaired) electrons. The van der Waals surface area contributed by atoms with Crippen LogP contribution in [0.4, 0.5) is 0 Å². The van der Waals surface area contributed by atoms with Gasteiger partial charge < -0.3 is 10.2 Å². The van der Waals surface area contributed by atoms with E-state index in [-0.39, 0.29) is 0 Å². The Morgan fingerprint density at radius 1 is 1.25 bits per heavy atom. The summed E-state index contributed by atoms with van der Waals surface area (Å²) in [6.07, 6.45) is 9.34. The zero-order chi connectivity index (χ0) is 14.2. The number of hydrazine groups is 1. The third-order valence-electron chi connectivity index (χ3n) is 3.11. The molecule has 2 rings (SSSR count). The van der Waals surface area contributed by atoms with Crippen LogP contribution < -0.4 is 5.43 Å². The predicted octanol–water partition coefficient (Wildman–Crippen LogP) is 4.22. The van der Waals surface area contributed by atoms with Crippen molar-refractivity contribution in [2.75, 3.05) is 6.61 Å². The normalized spacial score (nSPS) is 13.9. The van der Waals surface area contributed by atoms with Crippen LogP contribution in [-0.2, 0) is 11.3 Å². The van der Waals surface area contributed by atoms with E-state index in [2.05, 4.69) is 12.3 Å². The Hall–Kier alpha value is -1.61. The number of halogens is 1. The first-order valence-electron chi connectivity index (χ1n) is 7.07. The quantitative estimate of drug-likeness (QED) is 0.762. The largest absolute Gasteiger partial charge is 0.492 e. The number of hydrogen-bond donors (Lipinski definition) is 1. The van der Waals surface area contributed by atoms with Gasteiger partial charge in [-0.3, -0.25) is 5.01 Å². The van der Waals surface area contributed by atoms with Gasteiger partial charge in [-0.2, -0.15) is 0 Å². The average molecular weight is 293 g/mol. The van der Waals surface area contributed by atoms with E-state index in [1.54, 1.807) is 0 Å². The fourth-order valence-corrected chi connectivity index (χ4v) is 2.14. The Morgan fingerprint density at radius 3 is 2.80 bits per heavy atom. The molecule has 0 unspecified atom stereocenters. The number of nitrogens with one attached hydrogen (secondary N) is 1. The van der Waals surface area contributed by atoms with Crippen LogP contribution in [0.2, 0.25) is 5.02 Å². The summed E-state index contributed by atoms with van der Waals surface area (Å²) in [4.78, 5) is 0. The summed E-state index contributed by atoms with van der Waals surface area (Å²) >= 11 is 6.15. The highest BCUT2D eigenvalue weighted by molar-refractivity contribution is 6.31. The van der Waals surface area contributed by atoms with Crippen molar-refractivity contribution in [3.05, 3.63) is 59.1 Å². The number of allylic oxidation sites excluding steroid dienone is 1. The maximum Gasteiger partial charge on any atom is 0.138 e. The van der Waals surface area contributed by atoms with Crippen LogP contribution in [0.3, 0.4) is 0 Å². The van der Waals surface area contributed by atoms with Crippen LogP contribution in [0.5, 0.6) is 0 Å². The van der Waals surface area contributed by atoms with Gasteiger partial charge in [0.05, 0.1) is 19.4 Å². The molecule has 1 N–H and O–H groups in total. The standard InChI is InChI=1S/C16H21ClN2O/c1-2-3-6-11-20-15-9-10-19(18-12-15)13-14-7-4-5-8-16(14)17/h4-5,7-10,12,18H,2-3,6,11,13H2,1H3. The van der Waals surface area contributed by atoms with Gasteiger partial charge in [-0.05, 0) is 24.1 Å². The number of benzene rings is 1. The fourth-order valence-electron chi connectivity index (χ4n) is 1.94. The molecule has 0 bridgehead atoms. The second kappa shape index (κ2) is 7.85. The molecule has 0 spiro atoms. The zero-order valence-electron chi connectivity index (χ0n) is 11.8. The van der Waals surface area contributed by atoms with Crippen LogP contribution in [0.25, 0.3) is 0 Å². The van der Waals surface area contributed by atoms with Crippen molar-refractivity contribution in [2.45, 2.75) is 32.7 Å². The van der Waals surface area contributed by atoms with E-state index >= 15 is 0 Å². The first kappa shape index (κ1) is 14.8. The summed E-state index contributed by atoms with van der Waals surface area (Å²) in [5.41, 5.74) is 4.28. The van der Waals surface area contributed by atoms with Crippen LogP contribution in [0, 0.1) is 0 Å². The van der Waals surface area contributed by atoms with Gasteiger partial charge in [0.2, 0.25) is 0 Å². The van der Waals surface area contributed by atoms with Crippen molar-refractivity contribution in [2.24, 2.45) is 0 Å². The van der Waals surface area contributed by atoms with E-state index in [0.717, 1.165) is 35.9 Å². The van der Waals surface area contributed by atoms with Gasteiger partial charge in [0.25, 0.3) is 0 Å². The summed E-state index contributed by atoms with van der Waals surface area (Å²) in [5.74, 6) is 0.872. The minimum atomic E-state index is 0.718. The molecule has 0 aromatic heterocycles. The molecule has 20 heavy (non-hydrogen) atoms. The van der Waals surface area contributed by atoms with E-state index in [0.29, 0.717) is 0 Å².